The summed E-state index contributed by atoms with van der Waals surface area (Å²) in [6, 6.07) is 16.9. The lowest BCUT2D eigenvalue weighted by atomic mass is 10.1. The number of carbonyl (C=O) groups is 1. The number of nitrogens with zero attached hydrogens (tertiary/aromatic N) is 2. The van der Waals surface area contributed by atoms with Crippen LogP contribution >= 0.6 is 0 Å². The first-order valence-corrected chi connectivity index (χ1v) is 8.51. The lowest BCUT2D eigenvalue weighted by molar-refractivity contribution is 0.104. The normalized spacial score (nSPS) is 12.9. The molecule has 0 aliphatic heterocycles. The average Bonchev–Trinajstić information content (AvgIpc) is 2.92. The molecule has 0 saturated heterocycles. The van der Waals surface area contributed by atoms with Gasteiger partial charge in [-0.25, -0.2) is 4.68 Å². The fourth-order valence-corrected chi connectivity index (χ4v) is 3.40. The van der Waals surface area contributed by atoms with E-state index in [2.05, 4.69) is 5.10 Å². The molecule has 26 heavy (non-hydrogen) atoms. The highest BCUT2D eigenvalue weighted by Gasteiger charge is 2.30. The van der Waals surface area contributed by atoms with E-state index in [1.165, 1.54) is 10.7 Å². The van der Waals surface area contributed by atoms with Gasteiger partial charge in [0.2, 0.25) is 0 Å². The summed E-state index contributed by atoms with van der Waals surface area (Å²) < 4.78 is 1.33. The fraction of sp³-hybridized carbons (Fsp3) is 0.136. The second-order valence-electron chi connectivity index (χ2n) is 6.59. The zero-order valence-corrected chi connectivity index (χ0v) is 14.9. The van der Waals surface area contributed by atoms with Crippen molar-refractivity contribution in [1.29, 1.82) is 0 Å². The van der Waals surface area contributed by atoms with Crippen LogP contribution in [0.2, 0.25) is 0 Å². The predicted octanol–water partition coefficient (Wildman–Crippen LogP) is 3.95. The van der Waals surface area contributed by atoms with Crippen LogP contribution in [-0.4, -0.2) is 16.2 Å². The molecular weight excluding hydrogens is 324 g/mol. The molecule has 128 valence electrons. The smallest absolute Gasteiger partial charge is 0.271 e. The van der Waals surface area contributed by atoms with Gasteiger partial charge in [0.05, 0.1) is 17.0 Å². The van der Waals surface area contributed by atoms with E-state index in [4.69, 9.17) is 0 Å². The van der Waals surface area contributed by atoms with Gasteiger partial charge in [0.15, 0.2) is 5.78 Å². The zero-order valence-electron chi connectivity index (χ0n) is 14.9. The highest BCUT2D eigenvalue weighted by atomic mass is 16.1. The lowest BCUT2D eigenvalue weighted by Gasteiger charge is -2.10. The highest BCUT2D eigenvalue weighted by molar-refractivity contribution is 6.22. The van der Waals surface area contributed by atoms with Crippen LogP contribution in [0.3, 0.4) is 0 Å². The van der Waals surface area contributed by atoms with Gasteiger partial charge in [-0.15, -0.1) is 0 Å². The lowest BCUT2D eigenvalue weighted by Crippen LogP contribution is -2.22. The Bertz CT molecular complexity index is 1140. The van der Waals surface area contributed by atoms with Crippen LogP contribution in [0, 0.1) is 13.8 Å². The highest BCUT2D eigenvalue weighted by Crippen LogP contribution is 2.36. The zero-order chi connectivity index (χ0) is 18.4. The molecule has 0 saturated carbocycles. The van der Waals surface area contributed by atoms with Gasteiger partial charge in [0, 0.05) is 17.2 Å². The maximum absolute atomic E-state index is 12.8. The quantitative estimate of drug-likeness (QED) is 0.518. The maximum Gasteiger partial charge on any atom is 0.271 e. The number of rotatable bonds is 2. The number of aryl methyl sites for hydroxylation is 1. The van der Waals surface area contributed by atoms with Crippen molar-refractivity contribution in [3.8, 4) is 11.1 Å². The summed E-state index contributed by atoms with van der Waals surface area (Å²) in [5, 5.41) is 4.50. The largest absolute Gasteiger partial charge is 0.288 e. The predicted molar refractivity (Wildman–Crippen MR) is 103 cm³/mol. The molecule has 4 nitrogen and oxygen atoms in total. The van der Waals surface area contributed by atoms with Crippen molar-refractivity contribution >= 4 is 11.5 Å². The number of carbonyl (C=O) groups excluding carboxylic acids is 1. The van der Waals surface area contributed by atoms with Crippen LogP contribution in [0.25, 0.3) is 11.1 Å². The molecule has 1 aliphatic rings. The van der Waals surface area contributed by atoms with Gasteiger partial charge >= 0.3 is 0 Å². The molecule has 0 N–H and O–H groups in total. The van der Waals surface area contributed by atoms with Gasteiger partial charge in [-0.05, 0) is 31.9 Å². The van der Waals surface area contributed by atoms with Gasteiger partial charge < -0.3 is 0 Å². The third-order valence-electron chi connectivity index (χ3n) is 4.83. The van der Waals surface area contributed by atoms with Crippen LogP contribution in [0.5, 0.6) is 0 Å². The number of pyridine rings is 1. The molecule has 0 bridgehead atoms. The van der Waals surface area contributed by atoms with Crippen molar-refractivity contribution in [2.24, 2.45) is 5.10 Å². The van der Waals surface area contributed by atoms with Crippen LogP contribution in [0.1, 0.15) is 39.7 Å². The van der Waals surface area contributed by atoms with Crippen molar-refractivity contribution < 1.29 is 4.79 Å². The average molecular weight is 342 g/mol. The second-order valence-corrected chi connectivity index (χ2v) is 6.59. The number of hydrogen-bond donors (Lipinski definition) is 0. The Kier molecular flexibility index (Phi) is 3.69. The Balaban J connectivity index is 1.88. The Hall–Kier alpha value is -3.27. The number of hydrogen-bond acceptors (Lipinski definition) is 3. The molecule has 0 amide bonds. The van der Waals surface area contributed by atoms with E-state index < -0.39 is 0 Å². The standard InChI is InChI=1S/C22H18N2O2/c1-13-8-10-16(11-9-13)14(2)23-24-15(3)21-19(12-20(24)25)17-6-4-5-7-18(17)22(21)26/h4-12H,1-3H3/b23-14-. The van der Waals surface area contributed by atoms with E-state index in [1.54, 1.807) is 13.0 Å². The monoisotopic (exact) mass is 342 g/mol. The molecule has 4 heteroatoms. The van der Waals surface area contributed by atoms with E-state index in [0.717, 1.165) is 22.4 Å². The van der Waals surface area contributed by atoms with Gasteiger partial charge in [-0.2, -0.15) is 5.10 Å². The molecule has 1 heterocycles. The van der Waals surface area contributed by atoms with Gasteiger partial charge in [0.1, 0.15) is 0 Å². The Morgan fingerprint density at radius 3 is 2.23 bits per heavy atom. The van der Waals surface area contributed by atoms with Crippen LogP contribution in [-0.2, 0) is 0 Å². The topological polar surface area (TPSA) is 51.4 Å². The van der Waals surface area contributed by atoms with Gasteiger partial charge in [-0.1, -0.05) is 54.1 Å². The van der Waals surface area contributed by atoms with E-state index >= 15 is 0 Å². The first kappa shape index (κ1) is 16.2. The summed E-state index contributed by atoms with van der Waals surface area (Å²) >= 11 is 0. The Morgan fingerprint density at radius 1 is 0.885 bits per heavy atom. The molecule has 1 aromatic heterocycles. The summed E-state index contributed by atoms with van der Waals surface area (Å²) in [5.41, 5.74) is 5.88. The van der Waals surface area contributed by atoms with Crippen molar-refractivity contribution in [2.45, 2.75) is 20.8 Å². The first-order chi connectivity index (χ1) is 12.5. The van der Waals surface area contributed by atoms with Crippen LogP contribution in [0.15, 0.2) is 64.5 Å². The molecular formula is C22H18N2O2. The van der Waals surface area contributed by atoms with Crippen molar-refractivity contribution in [2.75, 3.05) is 0 Å². The molecule has 2 aromatic carbocycles. The molecule has 0 spiro atoms. The van der Waals surface area contributed by atoms with Gasteiger partial charge in [-0.3, -0.25) is 9.59 Å². The Morgan fingerprint density at radius 2 is 1.54 bits per heavy atom. The fourth-order valence-electron chi connectivity index (χ4n) is 3.40. The molecule has 4 rings (SSSR count). The van der Waals surface area contributed by atoms with Crippen molar-refractivity contribution in [1.82, 2.24) is 4.68 Å². The molecule has 0 unspecified atom stereocenters. The van der Waals surface area contributed by atoms with E-state index in [1.807, 2.05) is 56.3 Å². The molecule has 0 atom stereocenters. The van der Waals surface area contributed by atoms with Crippen LogP contribution in [0.4, 0.5) is 0 Å². The second kappa shape index (κ2) is 5.92. The third-order valence-corrected chi connectivity index (χ3v) is 4.83. The van der Waals surface area contributed by atoms with Gasteiger partial charge in [0.25, 0.3) is 5.56 Å². The summed E-state index contributed by atoms with van der Waals surface area (Å²) in [6.07, 6.45) is 0. The summed E-state index contributed by atoms with van der Waals surface area (Å²) in [7, 11) is 0. The van der Waals surface area contributed by atoms with E-state index in [-0.39, 0.29) is 11.3 Å². The van der Waals surface area contributed by atoms with Crippen molar-refractivity contribution in [3.05, 3.63) is 92.9 Å². The summed E-state index contributed by atoms with van der Waals surface area (Å²) in [6.45, 7) is 5.66. The minimum Gasteiger partial charge on any atom is -0.288 e. The number of fused-ring (bicyclic) bond motifs is 3. The Labute approximate surface area is 151 Å². The summed E-state index contributed by atoms with van der Waals surface area (Å²) in [4.78, 5) is 25.5. The molecule has 1 aliphatic carbocycles. The third kappa shape index (κ3) is 2.42. The minimum absolute atomic E-state index is 0.0509. The van der Waals surface area contributed by atoms with Crippen LogP contribution < -0.4 is 5.56 Å². The van der Waals surface area contributed by atoms with E-state index in [0.29, 0.717) is 22.4 Å². The number of benzene rings is 2. The minimum atomic E-state index is -0.239. The SMILES string of the molecule is C/C(=N/n1c(C)c2c(cc1=O)-c1ccccc1C2=O)c1ccc(C)cc1. The molecule has 0 fully saturated rings. The first-order valence-electron chi connectivity index (χ1n) is 8.51. The maximum atomic E-state index is 12.8. The van der Waals surface area contributed by atoms with Crippen molar-refractivity contribution in [3.63, 3.8) is 0 Å². The van der Waals surface area contributed by atoms with E-state index in [9.17, 15) is 9.59 Å². The number of ketones is 1. The number of aromatic nitrogens is 1. The molecule has 0 radical (unpaired) electrons. The molecule has 3 aromatic rings. The summed E-state index contributed by atoms with van der Waals surface area (Å²) in [5.74, 6) is -0.0509.